The topological polar surface area (TPSA) is 78.5 Å². The molecule has 1 aliphatic heterocycles. The van der Waals surface area contributed by atoms with Gasteiger partial charge in [0.05, 0.1) is 4.90 Å². The van der Waals surface area contributed by atoms with Crippen molar-refractivity contribution in [2.45, 2.75) is 50.5 Å². The number of nitrogens with zero attached hydrogens (tertiary/aromatic N) is 1. The predicted molar refractivity (Wildman–Crippen MR) is 99.3 cm³/mol. The summed E-state index contributed by atoms with van der Waals surface area (Å²) in [4.78, 5) is 15.0. The summed E-state index contributed by atoms with van der Waals surface area (Å²) < 4.78 is 26.1. The first-order valence-corrected chi connectivity index (χ1v) is 10.4. The standard InChI is InChI=1S/C18H29N3O3S/c1-14-8-9-16(25(23,24)19-3)13-17(14)18(22)20-10-6-12-21-11-5-4-7-15(21)2/h8-9,13,15,19H,4-7,10-12H2,1-3H3,(H,20,22). The normalized spacial score (nSPS) is 18.9. The molecule has 1 atom stereocenters. The number of benzene rings is 1. The summed E-state index contributed by atoms with van der Waals surface area (Å²) in [6, 6.07) is 5.23. The number of carbonyl (C=O) groups is 1. The smallest absolute Gasteiger partial charge is 0.251 e. The highest BCUT2D eigenvalue weighted by Gasteiger charge is 2.18. The quantitative estimate of drug-likeness (QED) is 0.722. The molecule has 0 spiro atoms. The second kappa shape index (κ2) is 8.78. The first-order chi connectivity index (χ1) is 11.8. The van der Waals surface area contributed by atoms with E-state index in [1.165, 1.54) is 38.4 Å². The zero-order valence-electron chi connectivity index (χ0n) is 15.3. The minimum atomic E-state index is -3.55. The van der Waals surface area contributed by atoms with Gasteiger partial charge in [0.2, 0.25) is 10.0 Å². The Morgan fingerprint density at radius 2 is 2.08 bits per heavy atom. The zero-order valence-corrected chi connectivity index (χ0v) is 16.2. The Bertz CT molecular complexity index is 704. The van der Waals surface area contributed by atoms with Gasteiger partial charge in [0.25, 0.3) is 5.91 Å². The molecule has 1 saturated heterocycles. The van der Waals surface area contributed by atoms with Crippen molar-refractivity contribution in [1.29, 1.82) is 0 Å². The van der Waals surface area contributed by atoms with Crippen molar-refractivity contribution >= 4 is 15.9 Å². The number of hydrogen-bond acceptors (Lipinski definition) is 4. The molecule has 25 heavy (non-hydrogen) atoms. The molecule has 1 aromatic carbocycles. The molecule has 0 aliphatic carbocycles. The van der Waals surface area contributed by atoms with Crippen LogP contribution in [0.25, 0.3) is 0 Å². The van der Waals surface area contributed by atoms with E-state index in [9.17, 15) is 13.2 Å². The first kappa shape index (κ1) is 19.9. The van der Waals surface area contributed by atoms with Crippen LogP contribution in [0, 0.1) is 6.92 Å². The Labute approximate surface area is 151 Å². The Kier molecular flexibility index (Phi) is 6.98. The molecule has 1 fully saturated rings. The van der Waals surface area contributed by atoms with Crippen molar-refractivity contribution in [2.75, 3.05) is 26.7 Å². The van der Waals surface area contributed by atoms with Crippen LogP contribution in [0.15, 0.2) is 23.1 Å². The minimum Gasteiger partial charge on any atom is -0.352 e. The van der Waals surface area contributed by atoms with Crippen molar-refractivity contribution < 1.29 is 13.2 Å². The Morgan fingerprint density at radius 1 is 1.32 bits per heavy atom. The van der Waals surface area contributed by atoms with Gasteiger partial charge in [-0.05, 0) is 64.4 Å². The maximum Gasteiger partial charge on any atom is 0.251 e. The van der Waals surface area contributed by atoms with Gasteiger partial charge in [-0.25, -0.2) is 13.1 Å². The predicted octanol–water partition coefficient (Wildman–Crippen LogP) is 1.90. The van der Waals surface area contributed by atoms with Gasteiger partial charge in [-0.1, -0.05) is 12.5 Å². The number of likely N-dealkylation sites (tertiary alicyclic amines) is 1. The number of sulfonamides is 1. The van der Waals surface area contributed by atoms with Gasteiger partial charge in [0.15, 0.2) is 0 Å². The molecular formula is C18H29N3O3S. The molecule has 140 valence electrons. The van der Waals surface area contributed by atoms with Gasteiger partial charge in [-0.15, -0.1) is 0 Å². The summed E-state index contributed by atoms with van der Waals surface area (Å²) in [6.07, 6.45) is 4.70. The molecule has 2 rings (SSSR count). The van der Waals surface area contributed by atoms with Crippen molar-refractivity contribution in [2.24, 2.45) is 0 Å². The third-order valence-corrected chi connectivity index (χ3v) is 6.29. The van der Waals surface area contributed by atoms with Gasteiger partial charge >= 0.3 is 0 Å². The Morgan fingerprint density at radius 3 is 2.76 bits per heavy atom. The molecule has 0 saturated carbocycles. The van der Waals surface area contributed by atoms with Crippen LogP contribution in [-0.4, -0.2) is 51.9 Å². The van der Waals surface area contributed by atoms with Gasteiger partial charge < -0.3 is 10.2 Å². The molecule has 1 aliphatic rings. The summed E-state index contributed by atoms with van der Waals surface area (Å²) >= 11 is 0. The number of amides is 1. The molecule has 1 amide bonds. The fourth-order valence-corrected chi connectivity index (χ4v) is 3.96. The number of piperidine rings is 1. The molecule has 0 aromatic heterocycles. The fourth-order valence-electron chi connectivity index (χ4n) is 3.20. The summed E-state index contributed by atoms with van der Waals surface area (Å²) in [5, 5.41) is 2.91. The van der Waals surface area contributed by atoms with E-state index in [0.29, 0.717) is 18.2 Å². The average Bonchev–Trinajstić information content (AvgIpc) is 2.60. The van der Waals surface area contributed by atoms with Crippen LogP contribution in [-0.2, 0) is 10.0 Å². The van der Waals surface area contributed by atoms with E-state index < -0.39 is 10.0 Å². The molecule has 2 N–H and O–H groups in total. The third kappa shape index (κ3) is 5.26. The fraction of sp³-hybridized carbons (Fsp3) is 0.611. The van der Waals surface area contributed by atoms with Crippen molar-refractivity contribution in [1.82, 2.24) is 14.9 Å². The van der Waals surface area contributed by atoms with E-state index in [2.05, 4.69) is 21.9 Å². The van der Waals surface area contributed by atoms with E-state index in [1.54, 1.807) is 13.0 Å². The lowest BCUT2D eigenvalue weighted by atomic mass is 10.0. The molecule has 6 nitrogen and oxygen atoms in total. The molecule has 7 heteroatoms. The maximum atomic E-state index is 12.4. The van der Waals surface area contributed by atoms with Crippen LogP contribution in [0.2, 0.25) is 0 Å². The van der Waals surface area contributed by atoms with Gasteiger partial charge in [0.1, 0.15) is 0 Å². The molecule has 0 bridgehead atoms. The van der Waals surface area contributed by atoms with E-state index in [0.717, 1.165) is 25.1 Å². The number of nitrogens with one attached hydrogen (secondary N) is 2. The van der Waals surface area contributed by atoms with Gasteiger partial charge in [-0.3, -0.25) is 4.79 Å². The number of aryl methyl sites for hydroxylation is 1. The summed E-state index contributed by atoms with van der Waals surface area (Å²) in [5.74, 6) is -0.225. The minimum absolute atomic E-state index is 0.105. The molecule has 1 heterocycles. The largest absolute Gasteiger partial charge is 0.352 e. The van der Waals surface area contributed by atoms with Crippen molar-refractivity contribution in [3.63, 3.8) is 0 Å². The van der Waals surface area contributed by atoms with Gasteiger partial charge in [0, 0.05) is 24.7 Å². The van der Waals surface area contributed by atoms with Crippen LogP contribution in [0.5, 0.6) is 0 Å². The van der Waals surface area contributed by atoms with Crippen LogP contribution in [0.3, 0.4) is 0 Å². The van der Waals surface area contributed by atoms with Crippen LogP contribution >= 0.6 is 0 Å². The zero-order chi connectivity index (χ0) is 18.4. The highest BCUT2D eigenvalue weighted by Crippen LogP contribution is 2.17. The van der Waals surface area contributed by atoms with E-state index in [4.69, 9.17) is 0 Å². The summed E-state index contributed by atoms with van der Waals surface area (Å²) in [5.41, 5.74) is 1.17. The SMILES string of the molecule is CNS(=O)(=O)c1ccc(C)c(C(=O)NCCCN2CCCCC2C)c1. The van der Waals surface area contributed by atoms with Crippen LogP contribution in [0.1, 0.15) is 48.5 Å². The lowest BCUT2D eigenvalue weighted by Crippen LogP contribution is -2.39. The Balaban J connectivity index is 1.91. The second-order valence-corrected chi connectivity index (χ2v) is 8.56. The van der Waals surface area contributed by atoms with Crippen LogP contribution < -0.4 is 10.0 Å². The molecular weight excluding hydrogens is 338 g/mol. The second-order valence-electron chi connectivity index (χ2n) is 6.67. The summed E-state index contributed by atoms with van der Waals surface area (Å²) in [6.45, 7) is 6.77. The molecule has 1 unspecified atom stereocenters. The highest BCUT2D eigenvalue weighted by molar-refractivity contribution is 7.89. The molecule has 0 radical (unpaired) electrons. The average molecular weight is 368 g/mol. The van der Waals surface area contributed by atoms with E-state index >= 15 is 0 Å². The van der Waals surface area contributed by atoms with E-state index in [1.807, 2.05) is 0 Å². The van der Waals surface area contributed by atoms with Crippen LogP contribution in [0.4, 0.5) is 0 Å². The third-order valence-electron chi connectivity index (χ3n) is 4.88. The number of hydrogen-bond donors (Lipinski definition) is 2. The van der Waals surface area contributed by atoms with Crippen molar-refractivity contribution in [3.05, 3.63) is 29.3 Å². The lowest BCUT2D eigenvalue weighted by Gasteiger charge is -2.33. The lowest BCUT2D eigenvalue weighted by molar-refractivity contribution is 0.0948. The monoisotopic (exact) mass is 367 g/mol. The number of carbonyl (C=O) groups excluding carboxylic acids is 1. The number of rotatable bonds is 7. The van der Waals surface area contributed by atoms with Gasteiger partial charge in [-0.2, -0.15) is 0 Å². The summed E-state index contributed by atoms with van der Waals surface area (Å²) in [7, 11) is -2.20. The van der Waals surface area contributed by atoms with E-state index in [-0.39, 0.29) is 10.8 Å². The maximum absolute atomic E-state index is 12.4. The van der Waals surface area contributed by atoms with Crippen molar-refractivity contribution in [3.8, 4) is 0 Å². The molecule has 1 aromatic rings. The Hall–Kier alpha value is -1.44. The highest BCUT2D eigenvalue weighted by atomic mass is 32.2. The first-order valence-electron chi connectivity index (χ1n) is 8.91.